The molecule has 0 aliphatic heterocycles. The lowest BCUT2D eigenvalue weighted by atomic mass is 10.1. The number of ketones is 1. The van der Waals surface area contributed by atoms with E-state index in [0.29, 0.717) is 58.0 Å². The van der Waals surface area contributed by atoms with E-state index in [1.54, 1.807) is 24.5 Å². The Balaban J connectivity index is 1.23. The number of rotatable bonds is 19. The summed E-state index contributed by atoms with van der Waals surface area (Å²) in [7, 11) is 0. The standard InChI is InChI=1S/C28H36N4O5S/c33-28(9-5-6-24-10-12-25(13-11-24)31-38(34)35)14-18-36-20-21-37-19-17-32(22-26-7-1-3-15-29-26)23-27-8-2-4-16-30-27/h1-4,7-8,10-13,15-16,31H,5-6,9,14,17-23H2,(H,34,35). The largest absolute Gasteiger partial charge is 0.379 e. The smallest absolute Gasteiger partial charge is 0.259 e. The first kappa shape index (κ1) is 29.5. The second-order valence-corrected chi connectivity index (χ2v) is 9.47. The molecule has 2 aromatic heterocycles. The van der Waals surface area contributed by atoms with Gasteiger partial charge in [-0.15, -0.1) is 0 Å². The highest BCUT2D eigenvalue weighted by Crippen LogP contribution is 2.12. The number of hydrogen-bond acceptors (Lipinski definition) is 7. The third-order valence-corrected chi connectivity index (χ3v) is 6.16. The first-order valence-corrected chi connectivity index (χ1v) is 13.8. The van der Waals surface area contributed by atoms with Gasteiger partial charge in [0, 0.05) is 50.6 Å². The molecule has 2 heterocycles. The first-order valence-electron chi connectivity index (χ1n) is 12.7. The summed E-state index contributed by atoms with van der Waals surface area (Å²) in [6, 6.07) is 19.1. The molecular weight excluding hydrogens is 504 g/mol. The Morgan fingerprint density at radius 3 is 2.05 bits per heavy atom. The van der Waals surface area contributed by atoms with E-state index in [9.17, 15) is 9.00 Å². The van der Waals surface area contributed by atoms with Crippen molar-refractivity contribution in [2.45, 2.75) is 38.8 Å². The number of anilines is 1. The Morgan fingerprint density at radius 1 is 0.842 bits per heavy atom. The number of benzene rings is 1. The SMILES string of the molecule is O=C(CCCc1ccc(NS(=O)O)cc1)CCOCCOCCN(Cc1ccccn1)Cc1ccccn1. The third kappa shape index (κ3) is 12.5. The minimum Gasteiger partial charge on any atom is -0.379 e. The molecule has 0 saturated carbocycles. The number of nitrogens with one attached hydrogen (secondary N) is 1. The Kier molecular flexibility index (Phi) is 13.6. The lowest BCUT2D eigenvalue weighted by molar-refractivity contribution is -0.120. The molecule has 3 aromatic rings. The zero-order chi connectivity index (χ0) is 26.8. The Morgan fingerprint density at radius 2 is 1.47 bits per heavy atom. The van der Waals surface area contributed by atoms with Crippen LogP contribution in [0.15, 0.2) is 73.1 Å². The average molecular weight is 541 g/mol. The van der Waals surface area contributed by atoms with Crippen molar-refractivity contribution in [1.82, 2.24) is 14.9 Å². The lowest BCUT2D eigenvalue weighted by Crippen LogP contribution is -2.28. The Bertz CT molecular complexity index is 1050. The molecule has 0 aliphatic carbocycles. The van der Waals surface area contributed by atoms with Gasteiger partial charge in [0.05, 0.1) is 37.8 Å². The fourth-order valence-corrected chi connectivity index (χ4v) is 4.15. The summed E-state index contributed by atoms with van der Waals surface area (Å²) in [5.74, 6) is 0.180. The fraction of sp³-hybridized carbons (Fsp3) is 0.393. The molecule has 0 aliphatic rings. The number of aromatic nitrogens is 2. The maximum absolute atomic E-state index is 12.1. The minimum absolute atomic E-state index is 0.180. The average Bonchev–Trinajstić information content (AvgIpc) is 2.92. The predicted octanol–water partition coefficient (Wildman–Crippen LogP) is 4.04. The van der Waals surface area contributed by atoms with Crippen LogP contribution < -0.4 is 4.72 Å². The second-order valence-electron chi connectivity index (χ2n) is 8.77. The molecule has 0 amide bonds. The number of ether oxygens (including phenoxy) is 2. The zero-order valence-corrected chi connectivity index (χ0v) is 22.4. The molecule has 1 unspecified atom stereocenters. The van der Waals surface area contributed by atoms with E-state index in [0.717, 1.165) is 36.3 Å². The molecule has 10 heteroatoms. The summed E-state index contributed by atoms with van der Waals surface area (Å²) in [4.78, 5) is 23.2. The highest BCUT2D eigenvalue weighted by molar-refractivity contribution is 7.80. The molecule has 0 fully saturated rings. The summed E-state index contributed by atoms with van der Waals surface area (Å²) in [5.41, 5.74) is 3.67. The van der Waals surface area contributed by atoms with Crippen LogP contribution in [0.4, 0.5) is 5.69 Å². The van der Waals surface area contributed by atoms with Gasteiger partial charge in [-0.05, 0) is 54.8 Å². The minimum atomic E-state index is -2.08. The van der Waals surface area contributed by atoms with Crippen molar-refractivity contribution in [2.75, 3.05) is 37.7 Å². The lowest BCUT2D eigenvalue weighted by Gasteiger charge is -2.21. The summed E-state index contributed by atoms with van der Waals surface area (Å²) < 4.78 is 33.3. The van der Waals surface area contributed by atoms with Gasteiger partial charge in [-0.25, -0.2) is 4.21 Å². The molecule has 0 spiro atoms. The van der Waals surface area contributed by atoms with E-state index in [4.69, 9.17) is 14.0 Å². The summed E-state index contributed by atoms with van der Waals surface area (Å²) in [6.07, 6.45) is 6.04. The van der Waals surface area contributed by atoms with Gasteiger partial charge in [-0.1, -0.05) is 24.3 Å². The van der Waals surface area contributed by atoms with Crippen LogP contribution in [0.5, 0.6) is 0 Å². The fourth-order valence-electron chi connectivity index (χ4n) is 3.81. The van der Waals surface area contributed by atoms with E-state index in [1.165, 1.54) is 0 Å². The number of carbonyl (C=O) groups excluding carboxylic acids is 1. The highest BCUT2D eigenvalue weighted by Gasteiger charge is 2.09. The van der Waals surface area contributed by atoms with Crippen molar-refractivity contribution < 1.29 is 23.0 Å². The van der Waals surface area contributed by atoms with E-state index < -0.39 is 11.3 Å². The molecule has 3 rings (SSSR count). The van der Waals surface area contributed by atoms with Gasteiger partial charge >= 0.3 is 0 Å². The summed E-state index contributed by atoms with van der Waals surface area (Å²) >= 11 is -2.08. The quantitative estimate of drug-likeness (QED) is 0.173. The first-order chi connectivity index (χ1) is 18.6. The van der Waals surface area contributed by atoms with Crippen LogP contribution in [-0.2, 0) is 45.0 Å². The Hall–Kier alpha value is -3.02. The molecule has 1 atom stereocenters. The van der Waals surface area contributed by atoms with Crippen molar-refractivity contribution in [1.29, 1.82) is 0 Å². The maximum Gasteiger partial charge on any atom is 0.259 e. The zero-order valence-electron chi connectivity index (χ0n) is 21.5. The predicted molar refractivity (Wildman–Crippen MR) is 148 cm³/mol. The van der Waals surface area contributed by atoms with Gasteiger partial charge in [0.1, 0.15) is 5.78 Å². The monoisotopic (exact) mass is 540 g/mol. The molecule has 0 radical (unpaired) electrons. The van der Waals surface area contributed by atoms with Crippen LogP contribution in [-0.4, -0.2) is 62.4 Å². The Labute approximate surface area is 227 Å². The van der Waals surface area contributed by atoms with Crippen LogP contribution in [0.1, 0.15) is 36.2 Å². The maximum atomic E-state index is 12.1. The van der Waals surface area contributed by atoms with Crippen molar-refractivity contribution >= 4 is 22.7 Å². The van der Waals surface area contributed by atoms with Gasteiger partial charge in [0.15, 0.2) is 0 Å². The second kappa shape index (κ2) is 17.5. The molecule has 204 valence electrons. The number of pyridine rings is 2. The van der Waals surface area contributed by atoms with Gasteiger partial charge in [-0.2, -0.15) is 0 Å². The number of Topliss-reactive ketones (excluding diaryl/α,β-unsaturated/α-hetero) is 1. The van der Waals surface area contributed by atoms with Crippen LogP contribution in [0.2, 0.25) is 0 Å². The van der Waals surface area contributed by atoms with Crippen molar-refractivity contribution in [3.8, 4) is 0 Å². The summed E-state index contributed by atoms with van der Waals surface area (Å²) in [5, 5.41) is 0. The molecular formula is C28H36N4O5S. The van der Waals surface area contributed by atoms with E-state index in [-0.39, 0.29) is 5.78 Å². The van der Waals surface area contributed by atoms with E-state index >= 15 is 0 Å². The van der Waals surface area contributed by atoms with Crippen LogP contribution >= 0.6 is 0 Å². The molecule has 9 nitrogen and oxygen atoms in total. The number of carbonyl (C=O) groups is 1. The topological polar surface area (TPSA) is 114 Å². The van der Waals surface area contributed by atoms with Crippen LogP contribution in [0, 0.1) is 0 Å². The normalized spacial score (nSPS) is 11.9. The van der Waals surface area contributed by atoms with Gasteiger partial charge < -0.3 is 9.47 Å². The highest BCUT2D eigenvalue weighted by atomic mass is 32.2. The molecule has 2 N–H and O–H groups in total. The van der Waals surface area contributed by atoms with Gasteiger partial charge in [-0.3, -0.25) is 28.9 Å². The van der Waals surface area contributed by atoms with Crippen molar-refractivity contribution in [3.05, 3.63) is 90.0 Å². The molecule has 38 heavy (non-hydrogen) atoms. The number of hydrogen-bond donors (Lipinski definition) is 2. The number of aryl methyl sites for hydroxylation is 1. The van der Waals surface area contributed by atoms with E-state index in [1.807, 2.05) is 48.5 Å². The molecule has 1 aromatic carbocycles. The van der Waals surface area contributed by atoms with Crippen molar-refractivity contribution in [3.63, 3.8) is 0 Å². The van der Waals surface area contributed by atoms with Crippen molar-refractivity contribution in [2.24, 2.45) is 0 Å². The third-order valence-electron chi connectivity index (χ3n) is 5.75. The van der Waals surface area contributed by atoms with Crippen LogP contribution in [0.25, 0.3) is 0 Å². The molecule has 0 saturated heterocycles. The molecule has 0 bridgehead atoms. The van der Waals surface area contributed by atoms with Gasteiger partial charge in [0.2, 0.25) is 0 Å². The number of nitrogens with zero attached hydrogens (tertiary/aromatic N) is 3. The summed E-state index contributed by atoms with van der Waals surface area (Å²) in [6.45, 7) is 4.06. The van der Waals surface area contributed by atoms with Crippen LogP contribution in [0.3, 0.4) is 0 Å². The van der Waals surface area contributed by atoms with Gasteiger partial charge in [0.25, 0.3) is 11.3 Å². The van der Waals surface area contributed by atoms with E-state index in [2.05, 4.69) is 19.6 Å².